The third-order valence-electron chi connectivity index (χ3n) is 3.62. The van der Waals surface area contributed by atoms with Crippen molar-refractivity contribution < 1.29 is 9.47 Å². The molecule has 4 heteroatoms. The third-order valence-corrected chi connectivity index (χ3v) is 4.07. The van der Waals surface area contributed by atoms with E-state index in [0.29, 0.717) is 12.5 Å². The Morgan fingerprint density at radius 2 is 2.41 bits per heavy atom. The van der Waals surface area contributed by atoms with Crippen molar-refractivity contribution in [2.45, 2.75) is 18.8 Å². The molecule has 2 aliphatic heterocycles. The Morgan fingerprint density at radius 3 is 3.12 bits per heavy atom. The maximum Gasteiger partial charge on any atom is 0.165 e. The van der Waals surface area contributed by atoms with Gasteiger partial charge in [-0.15, -0.1) is 0 Å². The summed E-state index contributed by atoms with van der Waals surface area (Å²) in [6.45, 7) is 2.77. The zero-order valence-corrected chi connectivity index (χ0v) is 10.6. The summed E-state index contributed by atoms with van der Waals surface area (Å²) in [7, 11) is 1.68. The molecular weight excluding hydrogens is 238 g/mol. The first kappa shape index (κ1) is 11.2. The highest BCUT2D eigenvalue weighted by Gasteiger charge is 2.27. The van der Waals surface area contributed by atoms with E-state index >= 15 is 0 Å². The monoisotopic (exact) mass is 253 g/mol. The summed E-state index contributed by atoms with van der Waals surface area (Å²) < 4.78 is 11.0. The van der Waals surface area contributed by atoms with E-state index in [2.05, 4.69) is 5.32 Å². The predicted octanol–water partition coefficient (Wildman–Crippen LogP) is 2.36. The molecular formula is C13H16ClNO2. The van der Waals surface area contributed by atoms with Gasteiger partial charge in [-0.05, 0) is 30.5 Å². The summed E-state index contributed by atoms with van der Waals surface area (Å²) >= 11 is 6.50. The van der Waals surface area contributed by atoms with E-state index in [0.717, 1.165) is 48.0 Å². The lowest BCUT2D eigenvalue weighted by Crippen LogP contribution is -2.08. The highest BCUT2D eigenvalue weighted by molar-refractivity contribution is 6.32. The smallest absolute Gasteiger partial charge is 0.165 e. The van der Waals surface area contributed by atoms with Crippen LogP contribution in [0.15, 0.2) is 6.07 Å². The SMILES string of the molecule is COc1cc(C2CCNC2)c(Cl)c2c1OCC2. The number of benzene rings is 1. The van der Waals surface area contributed by atoms with Gasteiger partial charge in [-0.3, -0.25) is 0 Å². The van der Waals surface area contributed by atoms with Crippen LogP contribution >= 0.6 is 11.6 Å². The van der Waals surface area contributed by atoms with Crippen LogP contribution in [0.5, 0.6) is 11.5 Å². The highest BCUT2D eigenvalue weighted by atomic mass is 35.5. The number of hydrogen-bond acceptors (Lipinski definition) is 3. The van der Waals surface area contributed by atoms with Gasteiger partial charge in [-0.1, -0.05) is 11.6 Å². The second-order valence-electron chi connectivity index (χ2n) is 4.58. The molecule has 1 aromatic carbocycles. The van der Waals surface area contributed by atoms with Crippen molar-refractivity contribution in [2.24, 2.45) is 0 Å². The first-order valence-corrected chi connectivity index (χ1v) is 6.42. The van der Waals surface area contributed by atoms with Crippen molar-refractivity contribution >= 4 is 11.6 Å². The van der Waals surface area contributed by atoms with Gasteiger partial charge >= 0.3 is 0 Å². The van der Waals surface area contributed by atoms with Gasteiger partial charge < -0.3 is 14.8 Å². The number of fused-ring (bicyclic) bond motifs is 1. The van der Waals surface area contributed by atoms with E-state index in [1.807, 2.05) is 6.07 Å². The van der Waals surface area contributed by atoms with Crippen LogP contribution in [-0.2, 0) is 6.42 Å². The molecule has 1 saturated heterocycles. The van der Waals surface area contributed by atoms with E-state index in [4.69, 9.17) is 21.1 Å². The van der Waals surface area contributed by atoms with Crippen LogP contribution in [-0.4, -0.2) is 26.8 Å². The fourth-order valence-electron chi connectivity index (χ4n) is 2.70. The van der Waals surface area contributed by atoms with Gasteiger partial charge in [0.05, 0.1) is 18.7 Å². The minimum Gasteiger partial charge on any atom is -0.493 e. The summed E-state index contributed by atoms with van der Waals surface area (Å²) in [4.78, 5) is 0. The number of methoxy groups -OCH3 is 1. The first-order valence-electron chi connectivity index (χ1n) is 6.04. The molecule has 1 N–H and O–H groups in total. The van der Waals surface area contributed by atoms with E-state index in [-0.39, 0.29) is 0 Å². The van der Waals surface area contributed by atoms with Crippen LogP contribution in [0, 0.1) is 0 Å². The molecule has 17 heavy (non-hydrogen) atoms. The van der Waals surface area contributed by atoms with Crippen molar-refractivity contribution in [2.75, 3.05) is 26.8 Å². The van der Waals surface area contributed by atoms with Crippen molar-refractivity contribution in [1.82, 2.24) is 5.32 Å². The molecule has 2 aliphatic rings. The predicted molar refractivity (Wildman–Crippen MR) is 67.4 cm³/mol. The minimum absolute atomic E-state index is 0.502. The normalized spacial score (nSPS) is 22.4. The number of ether oxygens (including phenoxy) is 2. The molecule has 92 valence electrons. The van der Waals surface area contributed by atoms with Gasteiger partial charge in [0.15, 0.2) is 11.5 Å². The Labute approximate surface area is 106 Å². The van der Waals surface area contributed by atoms with Crippen LogP contribution in [0.3, 0.4) is 0 Å². The number of nitrogens with one attached hydrogen (secondary N) is 1. The summed E-state index contributed by atoms with van der Waals surface area (Å²) in [5.41, 5.74) is 2.32. The molecule has 2 heterocycles. The lowest BCUT2D eigenvalue weighted by molar-refractivity contribution is 0.326. The van der Waals surface area contributed by atoms with Crippen molar-refractivity contribution in [1.29, 1.82) is 0 Å². The van der Waals surface area contributed by atoms with Crippen molar-refractivity contribution in [3.05, 3.63) is 22.2 Å². The molecule has 0 spiro atoms. The lowest BCUT2D eigenvalue weighted by atomic mass is 9.95. The average molecular weight is 254 g/mol. The topological polar surface area (TPSA) is 30.5 Å². The summed E-state index contributed by atoms with van der Waals surface area (Å²) in [5.74, 6) is 2.17. The summed E-state index contributed by atoms with van der Waals surface area (Å²) in [5, 5.41) is 4.25. The van der Waals surface area contributed by atoms with Gasteiger partial charge in [0, 0.05) is 18.5 Å². The molecule has 3 rings (SSSR count). The molecule has 3 nitrogen and oxygen atoms in total. The molecule has 1 atom stereocenters. The Hall–Kier alpha value is -0.930. The molecule has 0 aromatic heterocycles. The van der Waals surface area contributed by atoms with Crippen molar-refractivity contribution in [3.8, 4) is 11.5 Å². The van der Waals surface area contributed by atoms with E-state index in [9.17, 15) is 0 Å². The maximum atomic E-state index is 6.50. The van der Waals surface area contributed by atoms with Gasteiger partial charge in [-0.25, -0.2) is 0 Å². The lowest BCUT2D eigenvalue weighted by Gasteiger charge is -2.16. The first-order chi connectivity index (χ1) is 8.31. The second-order valence-corrected chi connectivity index (χ2v) is 4.96. The van der Waals surface area contributed by atoms with Crippen LogP contribution in [0.2, 0.25) is 5.02 Å². The van der Waals surface area contributed by atoms with Crippen molar-refractivity contribution in [3.63, 3.8) is 0 Å². The van der Waals surface area contributed by atoms with Crippen LogP contribution < -0.4 is 14.8 Å². The average Bonchev–Trinajstić information content (AvgIpc) is 3.00. The molecule has 0 aliphatic carbocycles. The molecule has 1 aromatic rings. The third kappa shape index (κ3) is 1.78. The van der Waals surface area contributed by atoms with Gasteiger partial charge in [0.2, 0.25) is 0 Å². The Morgan fingerprint density at radius 1 is 1.53 bits per heavy atom. The number of rotatable bonds is 2. The molecule has 0 amide bonds. The Bertz CT molecular complexity index is 442. The molecule has 1 unspecified atom stereocenters. The fourth-order valence-corrected chi connectivity index (χ4v) is 3.09. The molecule has 1 fully saturated rings. The quantitative estimate of drug-likeness (QED) is 0.878. The van der Waals surface area contributed by atoms with Gasteiger partial charge in [0.25, 0.3) is 0 Å². The van der Waals surface area contributed by atoms with Gasteiger partial charge in [-0.2, -0.15) is 0 Å². The van der Waals surface area contributed by atoms with Crippen LogP contribution in [0.25, 0.3) is 0 Å². The van der Waals surface area contributed by atoms with Crippen LogP contribution in [0.1, 0.15) is 23.5 Å². The zero-order valence-electron chi connectivity index (χ0n) is 9.88. The van der Waals surface area contributed by atoms with Crippen LogP contribution in [0.4, 0.5) is 0 Å². The van der Waals surface area contributed by atoms with E-state index in [1.54, 1.807) is 7.11 Å². The maximum absolute atomic E-state index is 6.50. The standard InChI is InChI=1S/C13H16ClNO2/c1-16-11-6-10(8-2-4-15-7-8)12(14)9-3-5-17-13(9)11/h6,8,15H,2-5,7H2,1H3. The molecule has 0 radical (unpaired) electrons. The Kier molecular flexibility index (Phi) is 2.89. The molecule has 0 saturated carbocycles. The largest absolute Gasteiger partial charge is 0.493 e. The van der Waals surface area contributed by atoms with Gasteiger partial charge in [0.1, 0.15) is 0 Å². The summed E-state index contributed by atoms with van der Waals surface area (Å²) in [6.07, 6.45) is 2.03. The fraction of sp³-hybridized carbons (Fsp3) is 0.538. The number of halogens is 1. The number of hydrogen-bond donors (Lipinski definition) is 1. The second kappa shape index (κ2) is 4.39. The summed E-state index contributed by atoms with van der Waals surface area (Å²) in [6, 6.07) is 2.05. The zero-order chi connectivity index (χ0) is 11.8. The minimum atomic E-state index is 0.502. The van der Waals surface area contributed by atoms with E-state index < -0.39 is 0 Å². The molecule has 0 bridgehead atoms. The Balaban J connectivity index is 2.09. The van der Waals surface area contributed by atoms with E-state index in [1.165, 1.54) is 5.56 Å². The highest BCUT2D eigenvalue weighted by Crippen LogP contribution is 2.44.